The van der Waals surface area contributed by atoms with E-state index in [1.54, 1.807) is 17.8 Å². The number of thioether (sulfide) groups is 1. The summed E-state index contributed by atoms with van der Waals surface area (Å²) in [6.07, 6.45) is 2.84. The van der Waals surface area contributed by atoms with Gasteiger partial charge >= 0.3 is 0 Å². The average Bonchev–Trinajstić information content (AvgIpc) is 2.80. The highest BCUT2D eigenvalue weighted by molar-refractivity contribution is 7.99. The lowest BCUT2D eigenvalue weighted by atomic mass is 10.2. The normalized spacial score (nSPS) is 12.0. The summed E-state index contributed by atoms with van der Waals surface area (Å²) in [4.78, 5) is 16.9. The average molecular weight is 298 g/mol. The SMILES string of the molecule is CCc1cc(=O)n2nc(NCC(C)(C)SC)sc2n1. The van der Waals surface area contributed by atoms with Crippen LogP contribution in [0.5, 0.6) is 0 Å². The largest absolute Gasteiger partial charge is 0.359 e. The molecule has 0 atom stereocenters. The zero-order valence-electron chi connectivity index (χ0n) is 11.6. The van der Waals surface area contributed by atoms with E-state index in [0.717, 1.165) is 23.8 Å². The maximum Gasteiger partial charge on any atom is 0.275 e. The van der Waals surface area contributed by atoms with E-state index in [0.29, 0.717) is 4.96 Å². The fourth-order valence-electron chi connectivity index (χ4n) is 1.47. The van der Waals surface area contributed by atoms with Gasteiger partial charge in [-0.3, -0.25) is 4.79 Å². The first-order valence-electron chi connectivity index (χ1n) is 6.14. The lowest BCUT2D eigenvalue weighted by Crippen LogP contribution is -2.26. The first kappa shape index (κ1) is 14.3. The maximum atomic E-state index is 11.9. The number of nitrogens with one attached hydrogen (secondary N) is 1. The molecule has 7 heteroatoms. The van der Waals surface area contributed by atoms with Crippen LogP contribution in [0.3, 0.4) is 0 Å². The lowest BCUT2D eigenvalue weighted by Gasteiger charge is -2.21. The molecule has 1 N–H and O–H groups in total. The predicted octanol–water partition coefficient (Wildman–Crippen LogP) is 2.27. The molecule has 2 aromatic heterocycles. The van der Waals surface area contributed by atoms with Gasteiger partial charge in [0.15, 0.2) is 0 Å². The van der Waals surface area contributed by atoms with Crippen molar-refractivity contribution in [2.24, 2.45) is 0 Å². The molecule has 0 aliphatic rings. The Hall–Kier alpha value is -1.08. The molecule has 104 valence electrons. The van der Waals surface area contributed by atoms with Crippen LogP contribution in [0, 0.1) is 0 Å². The summed E-state index contributed by atoms with van der Waals surface area (Å²) in [5.74, 6) is 0. The van der Waals surface area contributed by atoms with E-state index in [1.807, 2.05) is 6.92 Å². The van der Waals surface area contributed by atoms with Gasteiger partial charge in [0.05, 0.1) is 0 Å². The number of rotatable bonds is 5. The Morgan fingerprint density at radius 3 is 2.89 bits per heavy atom. The molecule has 2 heterocycles. The number of aromatic nitrogens is 3. The van der Waals surface area contributed by atoms with Gasteiger partial charge in [0.1, 0.15) is 0 Å². The Morgan fingerprint density at radius 2 is 2.26 bits per heavy atom. The van der Waals surface area contributed by atoms with Gasteiger partial charge in [-0.15, -0.1) is 5.10 Å². The Balaban J connectivity index is 2.27. The van der Waals surface area contributed by atoms with Gasteiger partial charge < -0.3 is 5.32 Å². The minimum Gasteiger partial charge on any atom is -0.359 e. The number of nitrogens with zero attached hydrogens (tertiary/aromatic N) is 3. The number of hydrogen-bond donors (Lipinski definition) is 1. The van der Waals surface area contributed by atoms with Crippen molar-refractivity contribution in [2.45, 2.75) is 31.9 Å². The molecule has 0 radical (unpaired) electrons. The number of aryl methyl sites for hydroxylation is 1. The molecule has 0 unspecified atom stereocenters. The van der Waals surface area contributed by atoms with Crippen molar-refractivity contribution in [3.63, 3.8) is 0 Å². The summed E-state index contributed by atoms with van der Waals surface area (Å²) in [6.45, 7) is 7.11. The first-order valence-corrected chi connectivity index (χ1v) is 8.18. The lowest BCUT2D eigenvalue weighted by molar-refractivity contribution is 0.748. The second kappa shape index (κ2) is 5.50. The fourth-order valence-corrected chi connectivity index (χ4v) is 2.51. The van der Waals surface area contributed by atoms with Crippen LogP contribution in [-0.4, -0.2) is 32.1 Å². The van der Waals surface area contributed by atoms with Gasteiger partial charge in [0.2, 0.25) is 10.1 Å². The molecule has 19 heavy (non-hydrogen) atoms. The molecular weight excluding hydrogens is 280 g/mol. The number of hydrogen-bond acceptors (Lipinski definition) is 6. The second-order valence-corrected chi connectivity index (χ2v) is 7.33. The maximum absolute atomic E-state index is 11.9. The van der Waals surface area contributed by atoms with Crippen LogP contribution in [0.15, 0.2) is 10.9 Å². The van der Waals surface area contributed by atoms with Gasteiger partial charge in [-0.05, 0) is 26.5 Å². The molecule has 0 spiro atoms. The molecule has 5 nitrogen and oxygen atoms in total. The van der Waals surface area contributed by atoms with Gasteiger partial charge in [-0.2, -0.15) is 16.3 Å². The van der Waals surface area contributed by atoms with Crippen LogP contribution < -0.4 is 10.9 Å². The Labute approximate surface area is 120 Å². The summed E-state index contributed by atoms with van der Waals surface area (Å²) in [5, 5.41) is 8.28. The van der Waals surface area contributed by atoms with Crippen LogP contribution in [0.25, 0.3) is 4.96 Å². The van der Waals surface area contributed by atoms with Crippen LogP contribution in [0.2, 0.25) is 0 Å². The van der Waals surface area contributed by atoms with Crippen LogP contribution >= 0.6 is 23.1 Å². The standard InChI is InChI=1S/C12H18N4OS2/c1-5-8-6-9(17)16-11(14-8)19-10(15-16)13-7-12(2,3)18-4/h6H,5,7H2,1-4H3,(H,13,15). The molecule has 0 aliphatic heterocycles. The minimum atomic E-state index is -0.115. The predicted molar refractivity (Wildman–Crippen MR) is 82.6 cm³/mol. The van der Waals surface area contributed by atoms with E-state index in [9.17, 15) is 4.79 Å². The molecule has 0 fully saturated rings. The van der Waals surface area contributed by atoms with Crippen molar-refractivity contribution >= 4 is 33.2 Å². The Kier molecular flexibility index (Phi) is 4.15. The Morgan fingerprint density at radius 1 is 1.53 bits per heavy atom. The molecule has 0 saturated heterocycles. The van der Waals surface area contributed by atoms with Crippen LogP contribution in [0.1, 0.15) is 26.5 Å². The second-order valence-electron chi connectivity index (χ2n) is 4.86. The summed E-state index contributed by atoms with van der Waals surface area (Å²) >= 11 is 3.21. The molecule has 0 amide bonds. The highest BCUT2D eigenvalue weighted by atomic mass is 32.2. The number of fused-ring (bicyclic) bond motifs is 1. The summed E-state index contributed by atoms with van der Waals surface area (Å²) in [6, 6.07) is 1.54. The third kappa shape index (κ3) is 3.27. The van der Waals surface area contributed by atoms with E-state index in [-0.39, 0.29) is 10.3 Å². The summed E-state index contributed by atoms with van der Waals surface area (Å²) in [5.41, 5.74) is 0.694. The zero-order chi connectivity index (χ0) is 14.0. The third-order valence-electron chi connectivity index (χ3n) is 2.88. The van der Waals surface area contributed by atoms with Crippen molar-refractivity contribution in [1.82, 2.24) is 14.6 Å². The van der Waals surface area contributed by atoms with Crippen molar-refractivity contribution in [2.75, 3.05) is 18.1 Å². The molecule has 2 aromatic rings. The summed E-state index contributed by atoms with van der Waals surface area (Å²) in [7, 11) is 0. The van der Waals surface area contributed by atoms with Gasteiger partial charge in [0, 0.05) is 23.1 Å². The zero-order valence-corrected chi connectivity index (χ0v) is 13.2. The fraction of sp³-hybridized carbons (Fsp3) is 0.583. The van der Waals surface area contributed by atoms with E-state index < -0.39 is 0 Å². The molecular formula is C12H18N4OS2. The van der Waals surface area contributed by atoms with Crippen molar-refractivity contribution < 1.29 is 0 Å². The van der Waals surface area contributed by atoms with E-state index in [2.05, 4.69) is 35.5 Å². The van der Waals surface area contributed by atoms with Crippen molar-refractivity contribution in [3.8, 4) is 0 Å². The highest BCUT2D eigenvalue weighted by Crippen LogP contribution is 2.23. The van der Waals surface area contributed by atoms with Crippen molar-refractivity contribution in [1.29, 1.82) is 0 Å². The van der Waals surface area contributed by atoms with E-state index in [1.165, 1.54) is 15.9 Å². The van der Waals surface area contributed by atoms with E-state index >= 15 is 0 Å². The Bertz CT molecular complexity index is 632. The first-order chi connectivity index (χ1) is 8.95. The molecule has 0 bridgehead atoms. The highest BCUT2D eigenvalue weighted by Gasteiger charge is 2.17. The molecule has 0 aliphatic carbocycles. The van der Waals surface area contributed by atoms with Crippen LogP contribution in [-0.2, 0) is 6.42 Å². The smallest absolute Gasteiger partial charge is 0.275 e. The third-order valence-corrected chi connectivity index (χ3v) is 4.99. The topological polar surface area (TPSA) is 59.3 Å². The van der Waals surface area contributed by atoms with E-state index in [4.69, 9.17) is 0 Å². The van der Waals surface area contributed by atoms with Gasteiger partial charge in [-0.25, -0.2) is 4.98 Å². The van der Waals surface area contributed by atoms with Gasteiger partial charge in [0.25, 0.3) is 5.56 Å². The van der Waals surface area contributed by atoms with Crippen molar-refractivity contribution in [3.05, 3.63) is 22.1 Å². The van der Waals surface area contributed by atoms with Crippen LogP contribution in [0.4, 0.5) is 5.13 Å². The number of anilines is 1. The molecule has 0 saturated carbocycles. The quantitative estimate of drug-likeness (QED) is 0.917. The van der Waals surface area contributed by atoms with Gasteiger partial charge in [-0.1, -0.05) is 18.3 Å². The monoisotopic (exact) mass is 298 g/mol. The molecule has 2 rings (SSSR count). The minimum absolute atomic E-state index is 0.115. The summed E-state index contributed by atoms with van der Waals surface area (Å²) < 4.78 is 1.49. The molecule has 0 aromatic carbocycles.